The lowest BCUT2D eigenvalue weighted by Crippen LogP contribution is -2.34. The van der Waals surface area contributed by atoms with Gasteiger partial charge in [-0.05, 0) is 32.9 Å². The molecule has 6 nitrogen and oxygen atoms in total. The second-order valence-corrected chi connectivity index (χ2v) is 5.43. The van der Waals surface area contributed by atoms with Gasteiger partial charge >= 0.3 is 0 Å². The highest BCUT2D eigenvalue weighted by molar-refractivity contribution is 5.48. The number of rotatable bonds is 5. The van der Waals surface area contributed by atoms with Crippen molar-refractivity contribution in [2.75, 3.05) is 31.5 Å². The van der Waals surface area contributed by atoms with Crippen LogP contribution in [0.2, 0.25) is 0 Å². The van der Waals surface area contributed by atoms with Crippen LogP contribution in [0, 0.1) is 6.92 Å². The van der Waals surface area contributed by atoms with Crippen LogP contribution < -0.4 is 5.32 Å². The third-order valence-corrected chi connectivity index (χ3v) is 3.67. The summed E-state index contributed by atoms with van der Waals surface area (Å²) in [5, 5.41) is 17.6. The van der Waals surface area contributed by atoms with E-state index in [2.05, 4.69) is 20.3 Å². The molecule has 0 spiro atoms. The number of nitrogens with zero attached hydrogens (tertiary/aromatic N) is 4. The third kappa shape index (κ3) is 2.91. The second-order valence-electron chi connectivity index (χ2n) is 5.43. The zero-order valence-electron chi connectivity index (χ0n) is 11.8. The normalized spacial score (nSPS) is 17.7. The third-order valence-electron chi connectivity index (χ3n) is 3.67. The van der Waals surface area contributed by atoms with E-state index in [1.165, 1.54) is 12.8 Å². The van der Waals surface area contributed by atoms with Gasteiger partial charge in [-0.3, -0.25) is 0 Å². The molecule has 1 saturated heterocycles. The molecule has 2 aromatic heterocycles. The van der Waals surface area contributed by atoms with Crippen LogP contribution in [0.3, 0.4) is 0 Å². The molecule has 0 aromatic carbocycles. The number of β-amino-alcohol motifs (C(OH)–C–C–N with tert-alkyl or cyclic N) is 1. The fourth-order valence-corrected chi connectivity index (χ4v) is 2.71. The zero-order chi connectivity index (χ0) is 13.9. The lowest BCUT2D eigenvalue weighted by molar-refractivity contribution is 0.135. The molecule has 3 rings (SSSR count). The van der Waals surface area contributed by atoms with E-state index in [9.17, 15) is 5.11 Å². The minimum absolute atomic E-state index is 0.368. The van der Waals surface area contributed by atoms with Gasteiger partial charge in [0.2, 0.25) is 0 Å². The van der Waals surface area contributed by atoms with Crippen LogP contribution in [0.5, 0.6) is 0 Å². The Bertz CT molecular complexity index is 576. The van der Waals surface area contributed by atoms with Crippen LogP contribution in [0.4, 0.5) is 5.82 Å². The molecule has 0 amide bonds. The van der Waals surface area contributed by atoms with Gasteiger partial charge in [0, 0.05) is 30.9 Å². The van der Waals surface area contributed by atoms with Crippen LogP contribution in [0.1, 0.15) is 18.5 Å². The molecule has 6 heteroatoms. The molecule has 0 aliphatic carbocycles. The fourth-order valence-electron chi connectivity index (χ4n) is 2.71. The highest BCUT2D eigenvalue weighted by Crippen LogP contribution is 2.12. The minimum atomic E-state index is -0.368. The summed E-state index contributed by atoms with van der Waals surface area (Å²) >= 11 is 0. The summed E-state index contributed by atoms with van der Waals surface area (Å²) in [5.41, 5.74) is 1.76. The lowest BCUT2D eigenvalue weighted by Gasteiger charge is -2.20. The van der Waals surface area contributed by atoms with Crippen LogP contribution in [-0.4, -0.2) is 56.9 Å². The Morgan fingerprint density at radius 1 is 1.40 bits per heavy atom. The Balaban J connectivity index is 1.62. The van der Waals surface area contributed by atoms with Gasteiger partial charge in [0.25, 0.3) is 0 Å². The molecule has 1 fully saturated rings. The van der Waals surface area contributed by atoms with Crippen molar-refractivity contribution in [2.45, 2.75) is 25.9 Å². The van der Waals surface area contributed by atoms with Gasteiger partial charge in [-0.15, -0.1) is 0 Å². The van der Waals surface area contributed by atoms with Gasteiger partial charge in [-0.25, -0.2) is 4.98 Å². The maximum atomic E-state index is 10.1. The molecule has 108 valence electrons. The van der Waals surface area contributed by atoms with E-state index in [1.54, 1.807) is 10.7 Å². The minimum Gasteiger partial charge on any atom is -0.390 e. The standard InChI is InChI=1S/C14H21N5O/c1-11-8-14(19-13(17-11)4-5-16-19)15-9-12(20)10-18-6-2-3-7-18/h4-5,8,12,15,20H,2-3,6-7,9-10H2,1H3/t12-/m0/s1. The van der Waals surface area contributed by atoms with Gasteiger partial charge < -0.3 is 15.3 Å². The first kappa shape index (κ1) is 13.3. The largest absolute Gasteiger partial charge is 0.390 e. The van der Waals surface area contributed by atoms with Crippen LogP contribution in [-0.2, 0) is 0 Å². The molecule has 2 aromatic rings. The maximum absolute atomic E-state index is 10.1. The number of aliphatic hydroxyl groups excluding tert-OH is 1. The Labute approximate surface area is 118 Å². The van der Waals surface area contributed by atoms with Gasteiger partial charge in [0.15, 0.2) is 5.65 Å². The number of likely N-dealkylation sites (tertiary alicyclic amines) is 1. The first-order chi connectivity index (χ1) is 9.72. The van der Waals surface area contributed by atoms with Crippen molar-refractivity contribution in [3.05, 3.63) is 24.0 Å². The summed E-state index contributed by atoms with van der Waals surface area (Å²) < 4.78 is 1.76. The molecule has 0 saturated carbocycles. The molecule has 2 N–H and O–H groups in total. The van der Waals surface area contributed by atoms with Crippen molar-refractivity contribution in [3.63, 3.8) is 0 Å². The number of nitrogens with one attached hydrogen (secondary N) is 1. The number of aryl methyl sites for hydroxylation is 1. The van der Waals surface area contributed by atoms with E-state index in [1.807, 2.05) is 19.1 Å². The van der Waals surface area contributed by atoms with Crippen molar-refractivity contribution in [2.24, 2.45) is 0 Å². The first-order valence-corrected chi connectivity index (χ1v) is 7.18. The Morgan fingerprint density at radius 3 is 3.00 bits per heavy atom. The molecule has 20 heavy (non-hydrogen) atoms. The topological polar surface area (TPSA) is 65.7 Å². The molecule has 1 aliphatic rings. The van der Waals surface area contributed by atoms with Crippen LogP contribution >= 0.6 is 0 Å². The van der Waals surface area contributed by atoms with Gasteiger partial charge in [-0.1, -0.05) is 0 Å². The number of aromatic nitrogens is 3. The fraction of sp³-hybridized carbons (Fsp3) is 0.571. The zero-order valence-corrected chi connectivity index (χ0v) is 11.8. The van der Waals surface area contributed by atoms with Crippen molar-refractivity contribution in [1.29, 1.82) is 0 Å². The summed E-state index contributed by atoms with van der Waals surface area (Å²) in [4.78, 5) is 6.71. The van der Waals surface area contributed by atoms with E-state index in [4.69, 9.17) is 0 Å². The van der Waals surface area contributed by atoms with Gasteiger partial charge in [0.05, 0.1) is 12.3 Å². The summed E-state index contributed by atoms with van der Waals surface area (Å²) in [6.45, 7) is 5.43. The molecular formula is C14H21N5O. The summed E-state index contributed by atoms with van der Waals surface area (Å²) in [7, 11) is 0. The predicted octanol–water partition coefficient (Wildman–Crippen LogP) is 0.906. The first-order valence-electron chi connectivity index (χ1n) is 7.18. The number of aliphatic hydroxyl groups is 1. The Morgan fingerprint density at radius 2 is 2.20 bits per heavy atom. The highest BCUT2D eigenvalue weighted by atomic mass is 16.3. The van der Waals surface area contributed by atoms with E-state index < -0.39 is 0 Å². The summed E-state index contributed by atoms with van der Waals surface area (Å²) in [6, 6.07) is 3.82. The van der Waals surface area contributed by atoms with Crippen LogP contribution in [0.15, 0.2) is 18.3 Å². The van der Waals surface area contributed by atoms with Gasteiger partial charge in [0.1, 0.15) is 5.82 Å². The average molecular weight is 275 g/mol. The number of fused-ring (bicyclic) bond motifs is 1. The van der Waals surface area contributed by atoms with Crippen molar-refractivity contribution in [1.82, 2.24) is 19.5 Å². The lowest BCUT2D eigenvalue weighted by atomic mass is 10.3. The smallest absolute Gasteiger partial charge is 0.157 e. The van der Waals surface area contributed by atoms with Gasteiger partial charge in [-0.2, -0.15) is 9.61 Å². The number of hydrogen-bond donors (Lipinski definition) is 2. The van der Waals surface area contributed by atoms with E-state index >= 15 is 0 Å². The summed E-state index contributed by atoms with van der Waals surface area (Å²) in [6.07, 6.45) is 3.86. The quantitative estimate of drug-likeness (QED) is 0.849. The predicted molar refractivity (Wildman–Crippen MR) is 77.9 cm³/mol. The van der Waals surface area contributed by atoms with E-state index in [0.717, 1.165) is 36.8 Å². The van der Waals surface area contributed by atoms with E-state index in [-0.39, 0.29) is 6.10 Å². The molecule has 0 unspecified atom stereocenters. The molecular weight excluding hydrogens is 254 g/mol. The molecule has 3 heterocycles. The maximum Gasteiger partial charge on any atom is 0.157 e. The monoisotopic (exact) mass is 275 g/mol. The molecule has 1 atom stereocenters. The second kappa shape index (κ2) is 5.76. The number of hydrogen-bond acceptors (Lipinski definition) is 5. The number of anilines is 1. The molecule has 0 radical (unpaired) electrons. The van der Waals surface area contributed by atoms with Crippen molar-refractivity contribution < 1.29 is 5.11 Å². The Hall–Kier alpha value is -1.66. The Kier molecular flexibility index (Phi) is 3.84. The molecule has 1 aliphatic heterocycles. The van der Waals surface area contributed by atoms with Crippen molar-refractivity contribution in [3.8, 4) is 0 Å². The van der Waals surface area contributed by atoms with Crippen molar-refractivity contribution >= 4 is 11.5 Å². The highest BCUT2D eigenvalue weighted by Gasteiger charge is 2.16. The SMILES string of the molecule is Cc1cc(NC[C@H](O)CN2CCCC2)n2nccc2n1. The average Bonchev–Trinajstić information content (AvgIpc) is 3.06. The van der Waals surface area contributed by atoms with E-state index in [0.29, 0.717) is 6.54 Å². The van der Waals surface area contributed by atoms with Crippen LogP contribution in [0.25, 0.3) is 5.65 Å². The molecule has 0 bridgehead atoms. The summed E-state index contributed by atoms with van der Waals surface area (Å²) in [5.74, 6) is 0.873.